The number of sulfonamides is 1. The van der Waals surface area contributed by atoms with Crippen molar-refractivity contribution in [2.75, 3.05) is 20.3 Å². The minimum Gasteiger partial charge on any atom is -0.378 e. The highest BCUT2D eigenvalue weighted by Crippen LogP contribution is 2.29. The van der Waals surface area contributed by atoms with Gasteiger partial charge in [0.05, 0.1) is 23.4 Å². The molecule has 9 heteroatoms. The summed E-state index contributed by atoms with van der Waals surface area (Å²) in [5.74, 6) is -0.538. The van der Waals surface area contributed by atoms with Gasteiger partial charge >= 0.3 is 0 Å². The van der Waals surface area contributed by atoms with Crippen LogP contribution in [0.25, 0.3) is 0 Å². The van der Waals surface area contributed by atoms with Crippen LogP contribution < -0.4 is 0 Å². The summed E-state index contributed by atoms with van der Waals surface area (Å²) < 4.78 is 31.2. The second-order valence-electron chi connectivity index (χ2n) is 5.06. The van der Waals surface area contributed by atoms with Gasteiger partial charge < -0.3 is 4.74 Å². The number of likely N-dealkylation sites (N-methyl/N-ethyl adjacent to an activating group) is 1. The maximum Gasteiger partial charge on any atom is 0.273 e. The molecule has 1 saturated heterocycles. The minimum absolute atomic E-state index is 0.00386. The highest BCUT2D eigenvalue weighted by atomic mass is 32.2. The van der Waals surface area contributed by atoms with E-state index in [1.54, 1.807) is 0 Å². The van der Waals surface area contributed by atoms with E-state index in [1.807, 2.05) is 6.07 Å². The fourth-order valence-electron chi connectivity index (χ4n) is 2.33. The summed E-state index contributed by atoms with van der Waals surface area (Å²) in [6.45, 7) is 0.301. The van der Waals surface area contributed by atoms with Gasteiger partial charge in [0.1, 0.15) is 5.54 Å². The lowest BCUT2D eigenvalue weighted by Crippen LogP contribution is -2.49. The lowest BCUT2D eigenvalue weighted by atomic mass is 10.0. The van der Waals surface area contributed by atoms with Crippen molar-refractivity contribution in [1.29, 1.82) is 5.26 Å². The average molecular weight is 325 g/mol. The Morgan fingerprint density at radius 1 is 1.50 bits per heavy atom. The number of nitro groups is 1. The van der Waals surface area contributed by atoms with Crippen molar-refractivity contribution in [2.45, 2.75) is 17.7 Å². The van der Waals surface area contributed by atoms with Gasteiger partial charge in [-0.05, 0) is 0 Å². The number of hydrogen-bond donors (Lipinski definition) is 0. The molecule has 0 aromatic heterocycles. The molecule has 0 N–H and O–H groups in total. The third-order valence-electron chi connectivity index (χ3n) is 3.76. The second-order valence-corrected chi connectivity index (χ2v) is 7.06. The van der Waals surface area contributed by atoms with Crippen LogP contribution in [0.5, 0.6) is 0 Å². The van der Waals surface area contributed by atoms with Crippen LogP contribution in [0, 0.1) is 21.4 Å². The first kappa shape index (κ1) is 16.4. The number of hydrogen-bond acceptors (Lipinski definition) is 6. The Morgan fingerprint density at radius 2 is 2.18 bits per heavy atom. The van der Waals surface area contributed by atoms with Crippen molar-refractivity contribution in [3.8, 4) is 6.07 Å². The van der Waals surface area contributed by atoms with Gasteiger partial charge in [0.15, 0.2) is 0 Å². The van der Waals surface area contributed by atoms with E-state index in [9.17, 15) is 23.8 Å². The normalized spacial score (nSPS) is 21.7. The lowest BCUT2D eigenvalue weighted by Gasteiger charge is -2.30. The summed E-state index contributed by atoms with van der Waals surface area (Å²) in [6.07, 6.45) is 0.274. The number of rotatable bonds is 5. The summed E-state index contributed by atoms with van der Waals surface area (Å²) in [4.78, 5) is 10.4. The summed E-state index contributed by atoms with van der Waals surface area (Å²) >= 11 is 0. The van der Waals surface area contributed by atoms with E-state index < -0.39 is 26.2 Å². The molecule has 1 aliphatic rings. The first-order chi connectivity index (χ1) is 10.3. The number of para-hydroxylation sites is 1. The lowest BCUT2D eigenvalue weighted by molar-refractivity contribution is -0.385. The smallest absolute Gasteiger partial charge is 0.273 e. The zero-order valence-electron chi connectivity index (χ0n) is 11.9. The molecule has 0 amide bonds. The van der Waals surface area contributed by atoms with Crippen LogP contribution in [0.15, 0.2) is 24.3 Å². The average Bonchev–Trinajstić information content (AvgIpc) is 2.96. The van der Waals surface area contributed by atoms with Gasteiger partial charge in [0, 0.05) is 31.7 Å². The Hall–Kier alpha value is -2.02. The van der Waals surface area contributed by atoms with E-state index in [1.165, 1.54) is 31.3 Å². The van der Waals surface area contributed by atoms with Gasteiger partial charge in [-0.3, -0.25) is 10.1 Å². The first-order valence-electron chi connectivity index (χ1n) is 6.50. The predicted octanol–water partition coefficient (Wildman–Crippen LogP) is 1.04. The van der Waals surface area contributed by atoms with E-state index in [0.717, 1.165) is 4.31 Å². The Kier molecular flexibility index (Phi) is 4.46. The summed E-state index contributed by atoms with van der Waals surface area (Å²) in [6, 6.07) is 7.65. The Bertz CT molecular complexity index is 719. The van der Waals surface area contributed by atoms with Crippen molar-refractivity contribution in [3.63, 3.8) is 0 Å². The van der Waals surface area contributed by atoms with E-state index in [0.29, 0.717) is 6.61 Å². The molecule has 22 heavy (non-hydrogen) atoms. The van der Waals surface area contributed by atoms with Crippen molar-refractivity contribution in [2.24, 2.45) is 0 Å². The van der Waals surface area contributed by atoms with Crippen molar-refractivity contribution in [3.05, 3.63) is 39.9 Å². The molecule has 2 rings (SSSR count). The molecule has 0 radical (unpaired) electrons. The molecule has 0 spiro atoms. The molecule has 0 saturated carbocycles. The SMILES string of the molecule is CN(C1(C#N)CCOC1)S(=O)(=O)Cc1ccccc1[N+](=O)[O-]. The van der Waals surface area contributed by atoms with Crippen LogP contribution in [0.4, 0.5) is 5.69 Å². The van der Waals surface area contributed by atoms with E-state index in [-0.39, 0.29) is 24.3 Å². The van der Waals surface area contributed by atoms with Gasteiger partial charge in [0.25, 0.3) is 5.69 Å². The van der Waals surface area contributed by atoms with Gasteiger partial charge in [-0.2, -0.15) is 9.57 Å². The minimum atomic E-state index is -3.90. The van der Waals surface area contributed by atoms with Crippen LogP contribution in [-0.2, 0) is 20.5 Å². The van der Waals surface area contributed by atoms with Gasteiger partial charge in [0.2, 0.25) is 10.0 Å². The molecular weight excluding hydrogens is 310 g/mol. The van der Waals surface area contributed by atoms with Crippen LogP contribution in [-0.4, -0.2) is 43.4 Å². The summed E-state index contributed by atoms with van der Waals surface area (Å²) in [7, 11) is -2.59. The zero-order valence-corrected chi connectivity index (χ0v) is 12.7. The van der Waals surface area contributed by atoms with Crippen molar-refractivity contribution in [1.82, 2.24) is 4.31 Å². The Labute approximate surface area is 128 Å². The highest BCUT2D eigenvalue weighted by Gasteiger charge is 2.45. The van der Waals surface area contributed by atoms with Crippen LogP contribution in [0.3, 0.4) is 0 Å². The molecule has 1 aromatic carbocycles. The van der Waals surface area contributed by atoms with Crippen molar-refractivity contribution >= 4 is 15.7 Å². The third-order valence-corrected chi connectivity index (χ3v) is 5.61. The molecule has 1 fully saturated rings. The maximum absolute atomic E-state index is 12.5. The van der Waals surface area contributed by atoms with Crippen LogP contribution >= 0.6 is 0 Å². The maximum atomic E-state index is 12.5. The number of nitro benzene ring substituents is 1. The van der Waals surface area contributed by atoms with Gasteiger partial charge in [-0.1, -0.05) is 18.2 Å². The highest BCUT2D eigenvalue weighted by molar-refractivity contribution is 7.88. The fourth-order valence-corrected chi connectivity index (χ4v) is 3.88. The number of benzene rings is 1. The first-order valence-corrected chi connectivity index (χ1v) is 8.11. The quantitative estimate of drug-likeness (QED) is 0.590. The Morgan fingerprint density at radius 3 is 2.73 bits per heavy atom. The van der Waals surface area contributed by atoms with E-state index in [2.05, 4.69) is 0 Å². The van der Waals surface area contributed by atoms with Crippen LogP contribution in [0.2, 0.25) is 0 Å². The standard InChI is InChI=1S/C13H15N3O5S/c1-15(13(9-14)6-7-21-10-13)22(19,20)8-11-4-2-3-5-12(11)16(17)18/h2-5H,6-8,10H2,1H3. The topological polar surface area (TPSA) is 114 Å². The molecule has 1 aliphatic heterocycles. The molecule has 1 atom stereocenters. The molecule has 1 heterocycles. The number of nitriles is 1. The zero-order chi connectivity index (χ0) is 16.4. The largest absolute Gasteiger partial charge is 0.378 e. The molecule has 1 unspecified atom stereocenters. The summed E-state index contributed by atoms with van der Waals surface area (Å²) in [5, 5.41) is 20.3. The molecule has 118 valence electrons. The third kappa shape index (κ3) is 2.94. The molecule has 0 aliphatic carbocycles. The molecule has 0 bridgehead atoms. The fraction of sp³-hybridized carbons (Fsp3) is 0.462. The van der Waals surface area contributed by atoms with E-state index >= 15 is 0 Å². The van der Waals surface area contributed by atoms with E-state index in [4.69, 9.17) is 4.74 Å². The van der Waals surface area contributed by atoms with Crippen LogP contribution in [0.1, 0.15) is 12.0 Å². The van der Waals surface area contributed by atoms with Gasteiger partial charge in [-0.15, -0.1) is 0 Å². The number of nitrogens with zero attached hydrogens (tertiary/aromatic N) is 3. The molecular formula is C13H15N3O5S. The molecule has 1 aromatic rings. The Balaban J connectivity index is 2.33. The van der Waals surface area contributed by atoms with Crippen molar-refractivity contribution < 1.29 is 18.1 Å². The monoisotopic (exact) mass is 325 g/mol. The predicted molar refractivity (Wildman–Crippen MR) is 77.3 cm³/mol. The number of ether oxygens (including phenoxy) is 1. The molecule has 8 nitrogen and oxygen atoms in total. The van der Waals surface area contributed by atoms with Gasteiger partial charge in [-0.25, -0.2) is 8.42 Å². The summed E-state index contributed by atoms with van der Waals surface area (Å²) in [5.41, 5.74) is -1.41. The second kappa shape index (κ2) is 6.00.